The number of amides is 3. The lowest BCUT2D eigenvalue weighted by Crippen LogP contribution is -2.52. The third-order valence-electron chi connectivity index (χ3n) is 2.45. The van der Waals surface area contributed by atoms with Crippen LogP contribution in [0.1, 0.15) is 27.2 Å². The molecule has 0 saturated carbocycles. The van der Waals surface area contributed by atoms with Crippen molar-refractivity contribution in [2.45, 2.75) is 39.3 Å². The maximum absolute atomic E-state index is 11.6. The standard InChI is InChI=1S/C12H23N3O5/c1-7(2)6-13-10(17)8(3)14-12(20)15-9(4-5-16)11(18)19/h7-9,16H,4-6H2,1-3H3,(H,13,17)(H,18,19)(H2,14,15,20). The van der Waals surface area contributed by atoms with Gasteiger partial charge in [0, 0.05) is 19.6 Å². The van der Waals surface area contributed by atoms with Crippen LogP contribution in [0, 0.1) is 5.92 Å². The van der Waals surface area contributed by atoms with Crippen LogP contribution in [-0.2, 0) is 9.59 Å². The molecule has 2 unspecified atom stereocenters. The number of carboxylic acids is 1. The van der Waals surface area contributed by atoms with Gasteiger partial charge >= 0.3 is 12.0 Å². The Balaban J connectivity index is 4.23. The number of hydrogen-bond acceptors (Lipinski definition) is 4. The van der Waals surface area contributed by atoms with E-state index in [9.17, 15) is 14.4 Å². The Kier molecular flexibility index (Phi) is 8.30. The van der Waals surface area contributed by atoms with Crippen molar-refractivity contribution in [1.82, 2.24) is 16.0 Å². The van der Waals surface area contributed by atoms with Crippen LogP contribution in [-0.4, -0.2) is 53.4 Å². The molecule has 5 N–H and O–H groups in total. The quantitative estimate of drug-likeness (QED) is 0.403. The van der Waals surface area contributed by atoms with Gasteiger partial charge in [-0.05, 0) is 12.8 Å². The van der Waals surface area contributed by atoms with Crippen molar-refractivity contribution >= 4 is 17.9 Å². The molecule has 3 amide bonds. The summed E-state index contributed by atoms with van der Waals surface area (Å²) in [5.74, 6) is -1.30. The van der Waals surface area contributed by atoms with Crippen LogP contribution >= 0.6 is 0 Å². The molecule has 20 heavy (non-hydrogen) atoms. The van der Waals surface area contributed by atoms with Gasteiger partial charge in [0.15, 0.2) is 0 Å². The van der Waals surface area contributed by atoms with Crippen molar-refractivity contribution in [2.24, 2.45) is 5.92 Å². The van der Waals surface area contributed by atoms with Gasteiger partial charge in [-0.1, -0.05) is 13.8 Å². The minimum Gasteiger partial charge on any atom is -0.480 e. The molecule has 0 rings (SSSR count). The molecule has 0 aliphatic carbocycles. The monoisotopic (exact) mass is 289 g/mol. The first-order valence-electron chi connectivity index (χ1n) is 6.46. The number of aliphatic carboxylic acids is 1. The van der Waals surface area contributed by atoms with Gasteiger partial charge in [-0.3, -0.25) is 4.79 Å². The van der Waals surface area contributed by atoms with E-state index in [1.165, 1.54) is 6.92 Å². The zero-order chi connectivity index (χ0) is 15.7. The highest BCUT2D eigenvalue weighted by atomic mass is 16.4. The Morgan fingerprint density at radius 3 is 2.15 bits per heavy atom. The normalized spacial score (nSPS) is 13.4. The minimum absolute atomic E-state index is 0.101. The van der Waals surface area contributed by atoms with E-state index in [2.05, 4.69) is 16.0 Å². The van der Waals surface area contributed by atoms with Gasteiger partial charge < -0.3 is 26.2 Å². The number of carboxylic acid groups (broad SMARTS) is 1. The highest BCUT2D eigenvalue weighted by molar-refractivity contribution is 5.88. The first-order valence-corrected chi connectivity index (χ1v) is 6.46. The lowest BCUT2D eigenvalue weighted by atomic mass is 10.2. The number of carbonyl (C=O) groups is 3. The largest absolute Gasteiger partial charge is 0.480 e. The van der Waals surface area contributed by atoms with Gasteiger partial charge in [0.25, 0.3) is 0 Å². The van der Waals surface area contributed by atoms with E-state index in [4.69, 9.17) is 10.2 Å². The molecule has 0 aromatic carbocycles. The second-order valence-electron chi connectivity index (χ2n) is 4.88. The van der Waals surface area contributed by atoms with Gasteiger partial charge in [-0.2, -0.15) is 0 Å². The SMILES string of the molecule is CC(C)CNC(=O)C(C)NC(=O)NC(CCO)C(=O)O. The summed E-state index contributed by atoms with van der Waals surface area (Å²) in [5, 5.41) is 24.7. The molecule has 8 nitrogen and oxygen atoms in total. The van der Waals surface area contributed by atoms with Gasteiger partial charge in [0.05, 0.1) is 0 Å². The number of nitrogens with one attached hydrogen (secondary N) is 3. The first kappa shape index (κ1) is 18.2. The van der Waals surface area contributed by atoms with E-state index < -0.39 is 24.1 Å². The van der Waals surface area contributed by atoms with Crippen molar-refractivity contribution in [3.8, 4) is 0 Å². The third kappa shape index (κ3) is 7.57. The molecule has 0 aliphatic rings. The van der Waals surface area contributed by atoms with Crippen LogP contribution in [0.3, 0.4) is 0 Å². The van der Waals surface area contributed by atoms with Crippen molar-refractivity contribution in [3.63, 3.8) is 0 Å². The molecule has 0 heterocycles. The average molecular weight is 289 g/mol. The van der Waals surface area contributed by atoms with Crippen LogP contribution in [0.5, 0.6) is 0 Å². The van der Waals surface area contributed by atoms with E-state index in [1.807, 2.05) is 13.8 Å². The van der Waals surface area contributed by atoms with E-state index in [-0.39, 0.29) is 18.9 Å². The highest BCUT2D eigenvalue weighted by Gasteiger charge is 2.21. The van der Waals surface area contributed by atoms with E-state index in [0.29, 0.717) is 12.5 Å². The lowest BCUT2D eigenvalue weighted by molar-refractivity contribution is -0.139. The van der Waals surface area contributed by atoms with Gasteiger partial charge in [0.1, 0.15) is 12.1 Å². The van der Waals surface area contributed by atoms with Crippen molar-refractivity contribution < 1.29 is 24.6 Å². The van der Waals surface area contributed by atoms with Crippen LogP contribution < -0.4 is 16.0 Å². The van der Waals surface area contributed by atoms with Crippen molar-refractivity contribution in [1.29, 1.82) is 0 Å². The number of aliphatic hydroxyl groups is 1. The number of rotatable bonds is 8. The molecular formula is C12H23N3O5. The Bertz CT molecular complexity index is 346. The molecule has 2 atom stereocenters. The smallest absolute Gasteiger partial charge is 0.326 e. The summed E-state index contributed by atoms with van der Waals surface area (Å²) in [6.07, 6.45) is -0.101. The fourth-order valence-electron chi connectivity index (χ4n) is 1.31. The Hall–Kier alpha value is -1.83. The topological polar surface area (TPSA) is 128 Å². The van der Waals surface area contributed by atoms with Crippen LogP contribution in [0.2, 0.25) is 0 Å². The van der Waals surface area contributed by atoms with Gasteiger partial charge in [0.2, 0.25) is 5.91 Å². The zero-order valence-electron chi connectivity index (χ0n) is 12.0. The molecule has 0 bridgehead atoms. The van der Waals surface area contributed by atoms with E-state index in [1.54, 1.807) is 0 Å². The lowest BCUT2D eigenvalue weighted by Gasteiger charge is -2.18. The first-order chi connectivity index (χ1) is 9.27. The van der Waals surface area contributed by atoms with E-state index >= 15 is 0 Å². The van der Waals surface area contributed by atoms with Crippen molar-refractivity contribution in [2.75, 3.05) is 13.2 Å². The summed E-state index contributed by atoms with van der Waals surface area (Å²) in [7, 11) is 0. The predicted molar refractivity (Wildman–Crippen MR) is 72.1 cm³/mol. The Morgan fingerprint density at radius 1 is 1.10 bits per heavy atom. The maximum atomic E-state index is 11.6. The van der Waals surface area contributed by atoms with Gasteiger partial charge in [-0.15, -0.1) is 0 Å². The second kappa shape index (κ2) is 9.13. The molecule has 8 heteroatoms. The fourth-order valence-corrected chi connectivity index (χ4v) is 1.31. The summed E-state index contributed by atoms with van der Waals surface area (Å²) in [6, 6.07) is -2.73. The zero-order valence-corrected chi connectivity index (χ0v) is 12.0. The molecule has 0 aliphatic heterocycles. The molecule has 0 aromatic heterocycles. The fraction of sp³-hybridized carbons (Fsp3) is 0.750. The highest BCUT2D eigenvalue weighted by Crippen LogP contribution is 1.93. The van der Waals surface area contributed by atoms with Crippen molar-refractivity contribution in [3.05, 3.63) is 0 Å². The Morgan fingerprint density at radius 2 is 1.70 bits per heavy atom. The summed E-state index contributed by atoms with van der Waals surface area (Å²) >= 11 is 0. The summed E-state index contributed by atoms with van der Waals surface area (Å²) in [4.78, 5) is 33.9. The molecule has 0 saturated heterocycles. The number of aliphatic hydroxyl groups excluding tert-OH is 1. The molecular weight excluding hydrogens is 266 g/mol. The van der Waals surface area contributed by atoms with E-state index in [0.717, 1.165) is 0 Å². The molecule has 0 radical (unpaired) electrons. The van der Waals surface area contributed by atoms with Crippen LogP contribution in [0.15, 0.2) is 0 Å². The third-order valence-corrected chi connectivity index (χ3v) is 2.45. The minimum atomic E-state index is -1.24. The summed E-state index contributed by atoms with van der Waals surface area (Å²) < 4.78 is 0. The Labute approximate surface area is 117 Å². The second-order valence-corrected chi connectivity index (χ2v) is 4.88. The number of urea groups is 1. The maximum Gasteiger partial charge on any atom is 0.326 e. The predicted octanol–water partition coefficient (Wildman–Crippen LogP) is -0.718. The average Bonchev–Trinajstić information content (AvgIpc) is 2.34. The molecule has 116 valence electrons. The number of hydrogen-bond donors (Lipinski definition) is 5. The summed E-state index contributed by atoms with van der Waals surface area (Å²) in [5.41, 5.74) is 0. The molecule has 0 aromatic rings. The molecule has 0 spiro atoms. The summed E-state index contributed by atoms with van der Waals surface area (Å²) in [6.45, 7) is 5.52. The number of carbonyl (C=O) groups excluding carboxylic acids is 2. The van der Waals surface area contributed by atoms with Crippen LogP contribution in [0.4, 0.5) is 4.79 Å². The van der Waals surface area contributed by atoms with Crippen LogP contribution in [0.25, 0.3) is 0 Å². The van der Waals surface area contributed by atoms with Gasteiger partial charge in [-0.25, -0.2) is 9.59 Å². The molecule has 0 fully saturated rings.